The molecule has 1 aliphatic rings. The highest BCUT2D eigenvalue weighted by Gasteiger charge is 2.33. The van der Waals surface area contributed by atoms with Crippen molar-refractivity contribution in [1.82, 2.24) is 10.6 Å². The van der Waals surface area contributed by atoms with Crippen LogP contribution in [0.3, 0.4) is 0 Å². The van der Waals surface area contributed by atoms with Gasteiger partial charge >= 0.3 is 0 Å². The number of halogens is 1. The van der Waals surface area contributed by atoms with Gasteiger partial charge in [-0.2, -0.15) is 0 Å². The van der Waals surface area contributed by atoms with Gasteiger partial charge in [0.1, 0.15) is 0 Å². The quantitative estimate of drug-likeness (QED) is 0.846. The van der Waals surface area contributed by atoms with Crippen molar-refractivity contribution in [3.8, 4) is 0 Å². The Hall–Kier alpha value is -2.33. The van der Waals surface area contributed by atoms with Gasteiger partial charge in [0.15, 0.2) is 0 Å². The molecule has 4 nitrogen and oxygen atoms in total. The minimum atomic E-state index is -0.310. The van der Waals surface area contributed by atoms with Crippen LogP contribution in [0.2, 0.25) is 5.02 Å². The monoisotopic (exact) mass is 342 g/mol. The molecular formula is C19H19ClN2O2. The third-order valence-electron chi connectivity index (χ3n) is 4.06. The summed E-state index contributed by atoms with van der Waals surface area (Å²) in [6.07, 6.45) is 2.24. The van der Waals surface area contributed by atoms with E-state index in [1.165, 1.54) is 0 Å². The van der Waals surface area contributed by atoms with Crippen molar-refractivity contribution in [3.05, 3.63) is 70.7 Å². The summed E-state index contributed by atoms with van der Waals surface area (Å²) in [6.45, 7) is -0.0542. The van der Waals surface area contributed by atoms with Crippen LogP contribution in [0.15, 0.2) is 54.6 Å². The summed E-state index contributed by atoms with van der Waals surface area (Å²) in [6, 6.07) is 16.6. The molecule has 0 bridgehead atoms. The number of hydrogen-bond donors (Lipinski definition) is 2. The van der Waals surface area contributed by atoms with Crippen LogP contribution in [0.5, 0.6) is 0 Å². The summed E-state index contributed by atoms with van der Waals surface area (Å²) < 4.78 is 0. The Bertz CT molecular complexity index is 729. The zero-order valence-corrected chi connectivity index (χ0v) is 13.9. The standard InChI is InChI=1S/C19H19ClN2O2/c20-16-8-4-7-15(11-16)19(24)21-12-17(23)22-18(14-9-10-14)13-5-2-1-3-6-13/h1-8,11,14,18H,9-10,12H2,(H,21,24)(H,22,23). The first kappa shape index (κ1) is 16.5. The fraction of sp³-hybridized carbons (Fsp3) is 0.263. The summed E-state index contributed by atoms with van der Waals surface area (Å²) in [5, 5.41) is 6.16. The Labute approximate surface area is 146 Å². The summed E-state index contributed by atoms with van der Waals surface area (Å²) in [4.78, 5) is 24.3. The third kappa shape index (κ3) is 4.36. The molecule has 2 aromatic rings. The van der Waals surface area contributed by atoms with Crippen LogP contribution < -0.4 is 10.6 Å². The fourth-order valence-electron chi connectivity index (χ4n) is 2.68. The van der Waals surface area contributed by atoms with E-state index in [0.29, 0.717) is 16.5 Å². The molecule has 2 N–H and O–H groups in total. The molecule has 124 valence electrons. The topological polar surface area (TPSA) is 58.2 Å². The van der Waals surface area contributed by atoms with E-state index in [-0.39, 0.29) is 24.4 Å². The van der Waals surface area contributed by atoms with Gasteiger partial charge in [-0.1, -0.05) is 48.0 Å². The summed E-state index contributed by atoms with van der Waals surface area (Å²) in [5.41, 5.74) is 1.55. The van der Waals surface area contributed by atoms with Crippen molar-refractivity contribution in [2.75, 3.05) is 6.54 Å². The number of carbonyl (C=O) groups excluding carboxylic acids is 2. The maximum Gasteiger partial charge on any atom is 0.251 e. The smallest absolute Gasteiger partial charge is 0.251 e. The molecule has 2 aromatic carbocycles. The Morgan fingerprint density at radius 1 is 1.08 bits per heavy atom. The van der Waals surface area contributed by atoms with E-state index in [2.05, 4.69) is 10.6 Å². The first-order chi connectivity index (χ1) is 11.6. The lowest BCUT2D eigenvalue weighted by Gasteiger charge is -2.19. The van der Waals surface area contributed by atoms with Gasteiger partial charge in [0.2, 0.25) is 5.91 Å². The highest BCUT2D eigenvalue weighted by molar-refractivity contribution is 6.30. The Balaban J connectivity index is 1.56. The molecule has 0 heterocycles. The lowest BCUT2D eigenvalue weighted by molar-refractivity contribution is -0.121. The molecule has 5 heteroatoms. The first-order valence-electron chi connectivity index (χ1n) is 8.01. The van der Waals surface area contributed by atoms with Gasteiger partial charge in [0.25, 0.3) is 5.91 Å². The molecule has 0 spiro atoms. The van der Waals surface area contributed by atoms with Gasteiger partial charge in [-0.3, -0.25) is 9.59 Å². The second-order valence-corrected chi connectivity index (χ2v) is 6.42. The number of hydrogen-bond acceptors (Lipinski definition) is 2. The van der Waals surface area contributed by atoms with Crippen LogP contribution in [0.1, 0.15) is 34.8 Å². The van der Waals surface area contributed by atoms with Crippen LogP contribution in [-0.4, -0.2) is 18.4 Å². The normalized spacial score (nSPS) is 14.7. The number of carbonyl (C=O) groups is 2. The number of rotatable bonds is 6. The predicted molar refractivity (Wildman–Crippen MR) is 93.8 cm³/mol. The van der Waals surface area contributed by atoms with Crippen LogP contribution in [0, 0.1) is 5.92 Å². The van der Waals surface area contributed by atoms with Crippen molar-refractivity contribution in [2.24, 2.45) is 5.92 Å². The second-order valence-electron chi connectivity index (χ2n) is 5.99. The van der Waals surface area contributed by atoms with Crippen molar-refractivity contribution in [2.45, 2.75) is 18.9 Å². The van der Waals surface area contributed by atoms with Crippen molar-refractivity contribution >= 4 is 23.4 Å². The molecule has 0 aliphatic heterocycles. The van der Waals surface area contributed by atoms with E-state index < -0.39 is 0 Å². The predicted octanol–water partition coefficient (Wildman–Crippen LogP) is 3.34. The van der Waals surface area contributed by atoms with Crippen LogP contribution >= 0.6 is 11.6 Å². The summed E-state index contributed by atoms with van der Waals surface area (Å²) in [5.74, 6) is -0.0126. The van der Waals surface area contributed by atoms with Gasteiger partial charge in [0.05, 0.1) is 12.6 Å². The largest absolute Gasteiger partial charge is 0.347 e. The molecule has 0 saturated heterocycles. The zero-order valence-electron chi connectivity index (χ0n) is 13.2. The molecule has 24 heavy (non-hydrogen) atoms. The molecule has 1 aliphatic carbocycles. The number of amides is 2. The molecule has 0 aromatic heterocycles. The summed E-state index contributed by atoms with van der Waals surface area (Å²) in [7, 11) is 0. The zero-order chi connectivity index (χ0) is 16.9. The highest BCUT2D eigenvalue weighted by atomic mass is 35.5. The fourth-order valence-corrected chi connectivity index (χ4v) is 2.87. The minimum absolute atomic E-state index is 0.0155. The van der Waals surface area contributed by atoms with Crippen molar-refractivity contribution in [1.29, 1.82) is 0 Å². The van der Waals surface area contributed by atoms with Crippen molar-refractivity contribution < 1.29 is 9.59 Å². The molecule has 1 fully saturated rings. The van der Waals surface area contributed by atoms with Gasteiger partial charge in [-0.05, 0) is 42.5 Å². The van der Waals surface area contributed by atoms with E-state index in [0.717, 1.165) is 18.4 Å². The van der Waals surface area contributed by atoms with E-state index in [1.54, 1.807) is 24.3 Å². The van der Waals surface area contributed by atoms with E-state index in [9.17, 15) is 9.59 Å². The lowest BCUT2D eigenvalue weighted by Crippen LogP contribution is -2.39. The Morgan fingerprint density at radius 3 is 2.50 bits per heavy atom. The van der Waals surface area contributed by atoms with Crippen LogP contribution in [0.25, 0.3) is 0 Å². The van der Waals surface area contributed by atoms with Gasteiger partial charge in [0, 0.05) is 10.6 Å². The maximum absolute atomic E-state index is 12.2. The molecule has 1 saturated carbocycles. The second kappa shape index (κ2) is 7.49. The maximum atomic E-state index is 12.2. The Kier molecular flexibility index (Phi) is 5.16. The number of benzene rings is 2. The van der Waals surface area contributed by atoms with E-state index in [1.807, 2.05) is 30.3 Å². The molecule has 2 amide bonds. The van der Waals surface area contributed by atoms with E-state index in [4.69, 9.17) is 11.6 Å². The molecule has 0 radical (unpaired) electrons. The number of nitrogens with one attached hydrogen (secondary N) is 2. The van der Waals surface area contributed by atoms with Gasteiger partial charge < -0.3 is 10.6 Å². The van der Waals surface area contributed by atoms with E-state index >= 15 is 0 Å². The first-order valence-corrected chi connectivity index (χ1v) is 8.39. The lowest BCUT2D eigenvalue weighted by atomic mass is 10.0. The minimum Gasteiger partial charge on any atom is -0.347 e. The third-order valence-corrected chi connectivity index (χ3v) is 4.30. The molecular weight excluding hydrogens is 324 g/mol. The average molecular weight is 343 g/mol. The molecule has 1 atom stereocenters. The van der Waals surface area contributed by atoms with Crippen molar-refractivity contribution in [3.63, 3.8) is 0 Å². The SMILES string of the molecule is O=C(CNC(=O)c1cccc(Cl)c1)NC(c1ccccc1)C1CC1. The van der Waals surface area contributed by atoms with Crippen LogP contribution in [0.4, 0.5) is 0 Å². The van der Waals surface area contributed by atoms with Gasteiger partial charge in [-0.25, -0.2) is 0 Å². The van der Waals surface area contributed by atoms with Crippen LogP contribution in [-0.2, 0) is 4.79 Å². The van der Waals surface area contributed by atoms with Gasteiger partial charge in [-0.15, -0.1) is 0 Å². The molecule has 3 rings (SSSR count). The highest BCUT2D eigenvalue weighted by Crippen LogP contribution is 2.40. The summed E-state index contributed by atoms with van der Waals surface area (Å²) >= 11 is 5.87. The molecule has 1 unspecified atom stereocenters. The average Bonchev–Trinajstić information content (AvgIpc) is 3.43. The Morgan fingerprint density at radius 2 is 1.83 bits per heavy atom.